The van der Waals surface area contributed by atoms with Crippen LogP contribution in [-0.2, 0) is 6.42 Å². The molecule has 1 fully saturated rings. The Morgan fingerprint density at radius 1 is 0.958 bits per heavy atom. The first-order chi connectivity index (χ1) is 11.3. The molecule has 0 spiro atoms. The van der Waals surface area contributed by atoms with Gasteiger partial charge in [-0.2, -0.15) is 0 Å². The minimum atomic E-state index is -1.89. The summed E-state index contributed by atoms with van der Waals surface area (Å²) in [5, 5.41) is 0. The average molecular weight is 382 g/mol. The van der Waals surface area contributed by atoms with Gasteiger partial charge >= 0.3 is 150 Å². The maximum absolute atomic E-state index is 4.88. The summed E-state index contributed by atoms with van der Waals surface area (Å²) < 4.78 is 1.61. The van der Waals surface area contributed by atoms with Crippen LogP contribution in [-0.4, -0.2) is 18.3 Å². The van der Waals surface area contributed by atoms with E-state index in [1.54, 1.807) is 9.96 Å². The third kappa shape index (κ3) is 4.11. The van der Waals surface area contributed by atoms with Crippen molar-refractivity contribution in [3.63, 3.8) is 0 Å². The van der Waals surface area contributed by atoms with Gasteiger partial charge < -0.3 is 0 Å². The van der Waals surface area contributed by atoms with Gasteiger partial charge in [-0.05, 0) is 0 Å². The molecule has 0 bridgehead atoms. The summed E-state index contributed by atoms with van der Waals surface area (Å²) >= 11 is -1.89. The van der Waals surface area contributed by atoms with Crippen molar-refractivity contribution >= 4 is 17.7 Å². The number of pyridine rings is 1. The van der Waals surface area contributed by atoms with E-state index in [9.17, 15) is 0 Å². The predicted octanol–water partition coefficient (Wildman–Crippen LogP) is 5.64. The van der Waals surface area contributed by atoms with Crippen molar-refractivity contribution in [3.05, 3.63) is 47.2 Å². The molecule has 0 amide bonds. The molecule has 1 nitrogen and oxygen atoms in total. The Hall–Kier alpha value is -1.09. The van der Waals surface area contributed by atoms with Gasteiger partial charge in [-0.3, -0.25) is 0 Å². The van der Waals surface area contributed by atoms with E-state index in [-0.39, 0.29) is 0 Å². The van der Waals surface area contributed by atoms with Crippen molar-refractivity contribution in [1.82, 2.24) is 4.98 Å². The molecule has 1 heterocycles. The Morgan fingerprint density at radius 3 is 2.17 bits per heavy atom. The molecule has 2 heteroatoms. The molecule has 0 saturated heterocycles. The summed E-state index contributed by atoms with van der Waals surface area (Å²) in [6, 6.07) is 9.19. The first-order valence-corrected chi connectivity index (χ1v) is 16.8. The fourth-order valence-electron chi connectivity index (χ4n) is 4.15. The van der Waals surface area contributed by atoms with E-state index in [4.69, 9.17) is 4.98 Å². The summed E-state index contributed by atoms with van der Waals surface area (Å²) in [5.41, 5.74) is 6.67. The van der Waals surface area contributed by atoms with E-state index in [0.29, 0.717) is 0 Å². The summed E-state index contributed by atoms with van der Waals surface area (Å²) in [7, 11) is 0. The van der Waals surface area contributed by atoms with Gasteiger partial charge in [-0.15, -0.1) is 0 Å². The van der Waals surface area contributed by atoms with Crippen LogP contribution in [0.1, 0.15) is 42.4 Å². The van der Waals surface area contributed by atoms with Gasteiger partial charge in [-0.1, -0.05) is 0 Å². The molecule has 2 aromatic rings. The summed E-state index contributed by atoms with van der Waals surface area (Å²) in [6.45, 7) is 4.35. The Kier molecular flexibility index (Phi) is 5.20. The van der Waals surface area contributed by atoms with E-state index < -0.39 is 13.3 Å². The van der Waals surface area contributed by atoms with Gasteiger partial charge in [0, 0.05) is 0 Å². The summed E-state index contributed by atoms with van der Waals surface area (Å²) in [6.07, 6.45) is 9.16. The fourth-order valence-corrected chi connectivity index (χ4v) is 7.48. The Balaban J connectivity index is 2.02. The molecule has 1 aliphatic rings. The van der Waals surface area contributed by atoms with Gasteiger partial charge in [0.05, 0.1) is 0 Å². The van der Waals surface area contributed by atoms with Crippen LogP contribution in [0.3, 0.4) is 0 Å². The molecule has 3 rings (SSSR count). The third-order valence-corrected chi connectivity index (χ3v) is 9.63. The Labute approximate surface area is 150 Å². The van der Waals surface area contributed by atoms with Crippen molar-refractivity contribution in [2.45, 2.75) is 63.2 Å². The third-order valence-electron chi connectivity index (χ3n) is 5.30. The molecule has 1 aliphatic carbocycles. The second-order valence-corrected chi connectivity index (χ2v) is 19.3. The zero-order chi connectivity index (χ0) is 17.3. The van der Waals surface area contributed by atoms with Crippen LogP contribution in [0.4, 0.5) is 0 Å². The second kappa shape index (κ2) is 7.03. The van der Waals surface area contributed by atoms with Gasteiger partial charge in [0.25, 0.3) is 0 Å². The predicted molar refractivity (Wildman–Crippen MR) is 108 cm³/mol. The van der Waals surface area contributed by atoms with E-state index in [1.165, 1.54) is 48.8 Å². The van der Waals surface area contributed by atoms with Crippen molar-refractivity contribution in [2.75, 3.05) is 0 Å². The van der Waals surface area contributed by atoms with Gasteiger partial charge in [-0.25, -0.2) is 0 Å². The van der Waals surface area contributed by atoms with E-state index >= 15 is 0 Å². The molecule has 0 N–H and O–H groups in total. The van der Waals surface area contributed by atoms with Crippen molar-refractivity contribution < 1.29 is 0 Å². The number of aryl methyl sites for hydroxylation is 2. The maximum atomic E-state index is 4.88. The number of rotatable bonds is 4. The summed E-state index contributed by atoms with van der Waals surface area (Å²) in [4.78, 5) is 4.88. The minimum absolute atomic E-state index is 0.892. The van der Waals surface area contributed by atoms with Gasteiger partial charge in [0.15, 0.2) is 0 Å². The Bertz CT molecular complexity index is 701. The molecule has 0 radical (unpaired) electrons. The van der Waals surface area contributed by atoms with Crippen LogP contribution in [0.25, 0.3) is 11.3 Å². The van der Waals surface area contributed by atoms with Crippen molar-refractivity contribution in [2.24, 2.45) is 5.92 Å². The monoisotopic (exact) mass is 383 g/mol. The number of benzene rings is 1. The first kappa shape index (κ1) is 17.7. The standard InChI is InChI=1S/C22H31GeN/c1-16-10-17(2)12-20(11-16)22-14-19(13-18-8-6-7-9-18)21(15-24-22)23(3,4)5/h10-12,14-15,18H,6-9,13H2,1-5H3. The molecule has 24 heavy (non-hydrogen) atoms. The normalized spacial score (nSPS) is 15.9. The van der Waals surface area contributed by atoms with Crippen LogP contribution in [0.2, 0.25) is 17.3 Å². The van der Waals surface area contributed by atoms with Gasteiger partial charge in [0.2, 0.25) is 0 Å². The molecule has 1 aromatic heterocycles. The van der Waals surface area contributed by atoms with E-state index in [2.05, 4.69) is 61.6 Å². The molecule has 128 valence electrons. The zero-order valence-electron chi connectivity index (χ0n) is 15.9. The number of nitrogens with zero attached hydrogens (tertiary/aromatic N) is 1. The fraction of sp³-hybridized carbons (Fsp3) is 0.500. The molecule has 0 atom stereocenters. The molecule has 1 aromatic carbocycles. The first-order valence-electron chi connectivity index (χ1n) is 9.41. The second-order valence-electron chi connectivity index (χ2n) is 8.71. The number of hydrogen-bond acceptors (Lipinski definition) is 1. The van der Waals surface area contributed by atoms with Crippen LogP contribution >= 0.6 is 0 Å². The topological polar surface area (TPSA) is 12.9 Å². The molecular formula is C22H31GeN. The molecule has 0 aliphatic heterocycles. The van der Waals surface area contributed by atoms with Crippen LogP contribution in [0, 0.1) is 19.8 Å². The van der Waals surface area contributed by atoms with Crippen molar-refractivity contribution in [1.29, 1.82) is 0 Å². The zero-order valence-corrected chi connectivity index (χ0v) is 18.0. The Morgan fingerprint density at radius 2 is 1.58 bits per heavy atom. The number of hydrogen-bond donors (Lipinski definition) is 0. The molecule has 1 saturated carbocycles. The van der Waals surface area contributed by atoms with E-state index in [1.807, 2.05) is 0 Å². The van der Waals surface area contributed by atoms with Crippen LogP contribution < -0.4 is 4.40 Å². The van der Waals surface area contributed by atoms with E-state index in [0.717, 1.165) is 11.6 Å². The summed E-state index contributed by atoms with van der Waals surface area (Å²) in [5.74, 6) is 8.37. The van der Waals surface area contributed by atoms with Crippen molar-refractivity contribution in [3.8, 4) is 11.3 Å². The van der Waals surface area contributed by atoms with Crippen LogP contribution in [0.15, 0.2) is 30.5 Å². The average Bonchev–Trinajstić information content (AvgIpc) is 2.98. The van der Waals surface area contributed by atoms with Crippen LogP contribution in [0.5, 0.6) is 0 Å². The number of aromatic nitrogens is 1. The quantitative estimate of drug-likeness (QED) is 0.624. The molecule has 0 unspecified atom stereocenters. The van der Waals surface area contributed by atoms with Gasteiger partial charge in [0.1, 0.15) is 0 Å². The molecular weight excluding hydrogens is 351 g/mol. The SMILES string of the molecule is Cc1cc(C)cc(-c2cc(CC3CCCC3)[c]([Ge]([CH3])([CH3])[CH3])cn2)c1.